The summed E-state index contributed by atoms with van der Waals surface area (Å²) in [6, 6.07) is -0.225. The Labute approximate surface area is 85.4 Å². The second-order valence-electron chi connectivity index (χ2n) is 4.03. The number of halogens is 3. The molecule has 0 aliphatic heterocycles. The van der Waals surface area contributed by atoms with Gasteiger partial charge in [-0.2, -0.15) is 0 Å². The number of rotatable bonds is 4. The predicted molar refractivity (Wildman–Crippen MR) is 60.9 cm³/mol. The summed E-state index contributed by atoms with van der Waals surface area (Å²) in [5.74, 6) is 0. The maximum absolute atomic E-state index is 5.75. The molecular weight excluding hydrogens is 235 g/mol. The number of hydrogen-bond acceptors (Lipinski definition) is 0. The summed E-state index contributed by atoms with van der Waals surface area (Å²) in [5, 5.41) is 0. The molecule has 0 rings (SSSR count). The van der Waals surface area contributed by atoms with Gasteiger partial charge in [-0.3, -0.25) is 0 Å². The van der Waals surface area contributed by atoms with Gasteiger partial charge in [-0.15, -0.1) is 33.2 Å². The van der Waals surface area contributed by atoms with Crippen LogP contribution in [0.1, 0.15) is 6.42 Å². The van der Waals surface area contributed by atoms with Crippen LogP contribution in [0.3, 0.4) is 0 Å². The van der Waals surface area contributed by atoms with E-state index in [0.717, 1.165) is 12.5 Å². The fourth-order valence-electron chi connectivity index (χ4n) is 0.819. The largest absolute Gasteiger partial charge is 0.341 e. The summed E-state index contributed by atoms with van der Waals surface area (Å²) in [4.78, 5) is 0. The molecule has 5 heteroatoms. The molecule has 0 N–H and O–H groups in total. The summed E-state index contributed by atoms with van der Waals surface area (Å²) in [6.45, 7) is 7.02. The standard InChI is InChI=1S/C6H15Cl3Si2/c1-10(2,3)5-4-6-11(7,8)9/h4-6H2,1-3H3. The average Bonchev–Trinajstić information content (AvgIpc) is 1.55. The van der Waals surface area contributed by atoms with Crippen LogP contribution in [-0.4, -0.2) is 14.1 Å². The van der Waals surface area contributed by atoms with Crippen LogP contribution in [-0.2, 0) is 0 Å². The maximum Gasteiger partial charge on any atom is 0.341 e. The van der Waals surface area contributed by atoms with E-state index < -0.39 is 14.1 Å². The lowest BCUT2D eigenvalue weighted by atomic mass is 10.6. The van der Waals surface area contributed by atoms with Crippen molar-refractivity contribution in [1.82, 2.24) is 0 Å². The molecule has 0 aliphatic carbocycles. The minimum absolute atomic E-state index is 0.821. The second-order valence-corrected chi connectivity index (χ2v) is 18.9. The molecule has 0 atom stereocenters. The zero-order valence-corrected chi connectivity index (χ0v) is 11.5. The molecule has 68 valence electrons. The second kappa shape index (κ2) is 4.51. The molecule has 0 bridgehead atoms. The summed E-state index contributed by atoms with van der Waals surface area (Å²) >= 11 is 17.2. The van der Waals surface area contributed by atoms with Crippen LogP contribution in [0.15, 0.2) is 0 Å². The molecular formula is C6H15Cl3Si2. The van der Waals surface area contributed by atoms with Crippen molar-refractivity contribution in [3.05, 3.63) is 0 Å². The maximum atomic E-state index is 5.75. The molecule has 11 heavy (non-hydrogen) atoms. The Bertz CT molecular complexity index is 100.0. The number of hydrogen-bond donors (Lipinski definition) is 0. The first-order valence-electron chi connectivity index (χ1n) is 3.77. The van der Waals surface area contributed by atoms with Gasteiger partial charge >= 0.3 is 6.00 Å². The Morgan fingerprint density at radius 1 is 0.909 bits per heavy atom. The molecule has 0 saturated carbocycles. The van der Waals surface area contributed by atoms with Crippen LogP contribution in [0.5, 0.6) is 0 Å². The third kappa shape index (κ3) is 11.3. The molecule has 0 radical (unpaired) electrons. The van der Waals surface area contributed by atoms with E-state index in [1.165, 1.54) is 6.04 Å². The van der Waals surface area contributed by atoms with Crippen molar-refractivity contribution in [1.29, 1.82) is 0 Å². The zero-order valence-electron chi connectivity index (χ0n) is 7.26. The van der Waals surface area contributed by atoms with Crippen molar-refractivity contribution >= 4 is 47.3 Å². The van der Waals surface area contributed by atoms with E-state index in [4.69, 9.17) is 33.2 Å². The Kier molecular flexibility index (Phi) is 5.05. The van der Waals surface area contributed by atoms with Crippen molar-refractivity contribution in [2.24, 2.45) is 0 Å². The molecule has 0 saturated heterocycles. The fraction of sp³-hybridized carbons (Fsp3) is 1.00. The first-order chi connectivity index (χ1) is 4.71. The van der Waals surface area contributed by atoms with Crippen molar-refractivity contribution in [3.8, 4) is 0 Å². The molecule has 0 aliphatic rings. The lowest BCUT2D eigenvalue weighted by Crippen LogP contribution is -2.20. The topological polar surface area (TPSA) is 0 Å². The van der Waals surface area contributed by atoms with Crippen molar-refractivity contribution < 1.29 is 0 Å². The van der Waals surface area contributed by atoms with Crippen LogP contribution in [0.2, 0.25) is 31.7 Å². The van der Waals surface area contributed by atoms with Crippen molar-refractivity contribution in [2.75, 3.05) is 0 Å². The van der Waals surface area contributed by atoms with Gasteiger partial charge < -0.3 is 0 Å². The van der Waals surface area contributed by atoms with Gasteiger partial charge in [0.25, 0.3) is 0 Å². The molecule has 0 aromatic carbocycles. The van der Waals surface area contributed by atoms with Gasteiger partial charge in [-0.1, -0.05) is 32.1 Å². The average molecular weight is 250 g/mol. The lowest BCUT2D eigenvalue weighted by Gasteiger charge is -2.16. The molecule has 0 heterocycles. The van der Waals surface area contributed by atoms with Gasteiger partial charge in [-0.25, -0.2) is 0 Å². The van der Waals surface area contributed by atoms with E-state index in [2.05, 4.69) is 19.6 Å². The first kappa shape index (κ1) is 12.3. The highest BCUT2D eigenvalue weighted by atomic mass is 35.8. The van der Waals surface area contributed by atoms with Crippen LogP contribution in [0.25, 0.3) is 0 Å². The van der Waals surface area contributed by atoms with Gasteiger partial charge in [0.05, 0.1) is 0 Å². The van der Waals surface area contributed by atoms with Gasteiger partial charge in [-0.05, 0) is 6.04 Å². The molecule has 0 amide bonds. The van der Waals surface area contributed by atoms with E-state index in [1.54, 1.807) is 0 Å². The van der Waals surface area contributed by atoms with E-state index in [9.17, 15) is 0 Å². The molecule has 0 spiro atoms. The third-order valence-corrected chi connectivity index (χ3v) is 5.86. The Balaban J connectivity index is 3.44. The quantitative estimate of drug-likeness (QED) is 0.513. The predicted octanol–water partition coefficient (Wildman–Crippen LogP) is 4.37. The molecule has 0 fully saturated rings. The zero-order chi connectivity index (χ0) is 9.12. The molecule has 0 nitrogen and oxygen atoms in total. The summed E-state index contributed by atoms with van der Waals surface area (Å²) in [6.07, 6.45) is 1.10. The highest BCUT2D eigenvalue weighted by molar-refractivity contribution is 7.64. The fourth-order valence-corrected chi connectivity index (χ4v) is 4.19. The minimum atomic E-state index is -2.32. The lowest BCUT2D eigenvalue weighted by molar-refractivity contribution is 1.04. The van der Waals surface area contributed by atoms with E-state index in [-0.39, 0.29) is 0 Å². The summed E-state index contributed by atoms with van der Waals surface area (Å²) in [5.41, 5.74) is 0. The van der Waals surface area contributed by atoms with Crippen molar-refractivity contribution in [3.63, 3.8) is 0 Å². The van der Waals surface area contributed by atoms with Gasteiger partial charge in [0.2, 0.25) is 0 Å². The van der Waals surface area contributed by atoms with Gasteiger partial charge in [0, 0.05) is 8.07 Å². The van der Waals surface area contributed by atoms with Crippen LogP contribution >= 0.6 is 33.2 Å². The van der Waals surface area contributed by atoms with Gasteiger partial charge in [0.15, 0.2) is 0 Å². The molecule has 0 aromatic heterocycles. The monoisotopic (exact) mass is 248 g/mol. The van der Waals surface area contributed by atoms with Crippen LogP contribution in [0.4, 0.5) is 0 Å². The summed E-state index contributed by atoms with van der Waals surface area (Å²) in [7, 11) is -0.911. The Morgan fingerprint density at radius 3 is 1.64 bits per heavy atom. The summed E-state index contributed by atoms with van der Waals surface area (Å²) < 4.78 is 0. The molecule has 0 aromatic rings. The highest BCUT2D eigenvalue weighted by Gasteiger charge is 2.25. The van der Waals surface area contributed by atoms with Crippen LogP contribution < -0.4 is 0 Å². The smallest absolute Gasteiger partial charge is 0.126 e. The first-order valence-corrected chi connectivity index (χ1v) is 12.7. The van der Waals surface area contributed by atoms with E-state index in [1.807, 2.05) is 0 Å². The normalized spacial score (nSPS) is 13.6. The van der Waals surface area contributed by atoms with E-state index >= 15 is 0 Å². The van der Waals surface area contributed by atoms with E-state index in [0.29, 0.717) is 0 Å². The highest BCUT2D eigenvalue weighted by Crippen LogP contribution is 2.28. The van der Waals surface area contributed by atoms with Crippen LogP contribution in [0, 0.1) is 0 Å². The minimum Gasteiger partial charge on any atom is -0.126 e. The van der Waals surface area contributed by atoms with Gasteiger partial charge in [0.1, 0.15) is 0 Å². The Hall–Kier alpha value is 1.30. The molecule has 0 unspecified atom stereocenters. The Morgan fingerprint density at radius 2 is 1.36 bits per heavy atom. The third-order valence-electron chi connectivity index (χ3n) is 1.39. The van der Waals surface area contributed by atoms with Crippen molar-refractivity contribution in [2.45, 2.75) is 38.2 Å². The SMILES string of the molecule is C[Si](C)(C)CCC[Si](Cl)(Cl)Cl.